The highest BCUT2D eigenvalue weighted by Gasteiger charge is 2.24. The molecule has 0 saturated heterocycles. The maximum atomic E-state index is 6.92. The van der Waals surface area contributed by atoms with Gasteiger partial charge in [0, 0.05) is 64.1 Å². The molecule has 0 aliphatic heterocycles. The van der Waals surface area contributed by atoms with Crippen LogP contribution in [0.25, 0.3) is 103 Å². The van der Waals surface area contributed by atoms with Gasteiger partial charge in [-0.1, -0.05) is 103 Å². The molecule has 0 amide bonds. The molecule has 0 N–H and O–H groups in total. The molecule has 48 heavy (non-hydrogen) atoms. The van der Waals surface area contributed by atoms with E-state index in [9.17, 15) is 0 Å². The first kappa shape index (κ1) is 26.0. The van der Waals surface area contributed by atoms with Crippen LogP contribution in [0.1, 0.15) is 0 Å². The number of hydrogen-bond donors (Lipinski definition) is 0. The molecule has 0 saturated carbocycles. The second-order valence-electron chi connectivity index (χ2n) is 12.4. The Balaban J connectivity index is 1.22. The third-order valence-electron chi connectivity index (χ3n) is 9.83. The van der Waals surface area contributed by atoms with E-state index in [4.69, 9.17) is 8.83 Å². The number of rotatable bonds is 3. The van der Waals surface area contributed by atoms with Crippen LogP contribution in [0.5, 0.6) is 0 Å². The molecule has 0 radical (unpaired) electrons. The molecular formula is C44H25NO2S. The Morgan fingerprint density at radius 1 is 0.417 bits per heavy atom. The number of hydrogen-bond acceptors (Lipinski definition) is 3. The van der Waals surface area contributed by atoms with E-state index < -0.39 is 0 Å². The summed E-state index contributed by atoms with van der Waals surface area (Å²) in [6, 6.07) is 53.8. The van der Waals surface area contributed by atoms with Gasteiger partial charge < -0.3 is 13.4 Å². The zero-order valence-corrected chi connectivity index (χ0v) is 26.4. The summed E-state index contributed by atoms with van der Waals surface area (Å²) in [6.07, 6.45) is 0. The lowest BCUT2D eigenvalue weighted by molar-refractivity contribution is 0.666. The Kier molecular flexibility index (Phi) is 5.26. The third kappa shape index (κ3) is 3.47. The van der Waals surface area contributed by atoms with E-state index in [1.165, 1.54) is 31.3 Å². The number of nitrogens with zero attached hydrogens (tertiary/aromatic N) is 1. The largest absolute Gasteiger partial charge is 0.455 e. The number of furan rings is 2. The zero-order chi connectivity index (χ0) is 31.3. The standard InChI is InChI=1S/C44H25NO2S/c1-2-12-26(13-3-1)45-36-21-7-4-15-33(36)43-40(45)35-20-10-17-29(41(35)47-43)30-25-24-28(39-34-16-5-8-22-37(34)46-42(30)39)32-19-11-18-31-27-14-6-9-23-38(27)48-44(31)32/h1-25H. The lowest BCUT2D eigenvalue weighted by Gasteiger charge is -2.10. The van der Waals surface area contributed by atoms with Crippen molar-refractivity contribution in [2.24, 2.45) is 0 Å². The van der Waals surface area contributed by atoms with E-state index in [2.05, 4.69) is 150 Å². The molecule has 0 aliphatic rings. The van der Waals surface area contributed by atoms with Gasteiger partial charge >= 0.3 is 0 Å². The molecule has 4 aromatic heterocycles. The monoisotopic (exact) mass is 631 g/mol. The minimum Gasteiger partial charge on any atom is -0.455 e. The van der Waals surface area contributed by atoms with Gasteiger partial charge in [0.15, 0.2) is 5.58 Å². The Labute approximate surface area is 278 Å². The summed E-state index contributed by atoms with van der Waals surface area (Å²) >= 11 is 1.86. The molecule has 0 fully saturated rings. The molecule has 0 bridgehead atoms. The van der Waals surface area contributed by atoms with E-state index in [0.717, 1.165) is 71.7 Å². The number of benzene rings is 7. The normalized spacial score (nSPS) is 12.2. The number of fused-ring (bicyclic) bond motifs is 11. The van der Waals surface area contributed by atoms with Crippen molar-refractivity contribution in [3.63, 3.8) is 0 Å². The van der Waals surface area contributed by atoms with E-state index in [-0.39, 0.29) is 0 Å². The highest BCUT2D eigenvalue weighted by Crippen LogP contribution is 2.48. The minimum absolute atomic E-state index is 0.860. The lowest BCUT2D eigenvalue weighted by atomic mass is 9.93. The van der Waals surface area contributed by atoms with Gasteiger partial charge in [-0.15, -0.1) is 11.3 Å². The van der Waals surface area contributed by atoms with Gasteiger partial charge in [0.2, 0.25) is 0 Å². The molecule has 11 aromatic rings. The number of thiophene rings is 1. The third-order valence-corrected chi connectivity index (χ3v) is 11.0. The number of aromatic nitrogens is 1. The summed E-state index contributed by atoms with van der Waals surface area (Å²) in [5, 5.41) is 7.00. The summed E-state index contributed by atoms with van der Waals surface area (Å²) in [5.41, 5.74) is 11.3. The molecule has 4 heteroatoms. The molecule has 11 rings (SSSR count). The van der Waals surface area contributed by atoms with Crippen molar-refractivity contribution in [3.05, 3.63) is 152 Å². The maximum absolute atomic E-state index is 6.92. The van der Waals surface area contributed by atoms with Crippen molar-refractivity contribution in [2.75, 3.05) is 0 Å². The fraction of sp³-hybridized carbons (Fsp3) is 0. The van der Waals surface area contributed by atoms with Crippen molar-refractivity contribution in [2.45, 2.75) is 0 Å². The van der Waals surface area contributed by atoms with Gasteiger partial charge in [0.1, 0.15) is 22.3 Å². The first-order valence-electron chi connectivity index (χ1n) is 16.2. The average molecular weight is 632 g/mol. The van der Waals surface area contributed by atoms with Crippen LogP contribution in [-0.4, -0.2) is 4.57 Å². The van der Waals surface area contributed by atoms with Gasteiger partial charge in [0.05, 0.1) is 5.52 Å². The highest BCUT2D eigenvalue weighted by molar-refractivity contribution is 7.26. The van der Waals surface area contributed by atoms with Crippen molar-refractivity contribution in [1.82, 2.24) is 4.57 Å². The van der Waals surface area contributed by atoms with Crippen LogP contribution < -0.4 is 0 Å². The van der Waals surface area contributed by atoms with Crippen LogP contribution >= 0.6 is 11.3 Å². The second-order valence-corrected chi connectivity index (χ2v) is 13.4. The minimum atomic E-state index is 0.860. The number of para-hydroxylation sites is 4. The summed E-state index contributed by atoms with van der Waals surface area (Å²) in [4.78, 5) is 0. The van der Waals surface area contributed by atoms with Gasteiger partial charge in [0.25, 0.3) is 0 Å². The molecular weight excluding hydrogens is 607 g/mol. The molecule has 7 aromatic carbocycles. The Morgan fingerprint density at radius 3 is 1.98 bits per heavy atom. The molecule has 3 nitrogen and oxygen atoms in total. The average Bonchev–Trinajstić information content (AvgIpc) is 3.90. The molecule has 4 heterocycles. The Bertz CT molecular complexity index is 3060. The summed E-state index contributed by atoms with van der Waals surface area (Å²) in [7, 11) is 0. The molecule has 224 valence electrons. The quantitative estimate of drug-likeness (QED) is 0.194. The van der Waals surface area contributed by atoms with Gasteiger partial charge in [-0.05, 0) is 54.1 Å². The maximum Gasteiger partial charge on any atom is 0.161 e. The topological polar surface area (TPSA) is 31.2 Å². The van der Waals surface area contributed by atoms with Crippen molar-refractivity contribution in [3.8, 4) is 27.9 Å². The Morgan fingerprint density at radius 2 is 1.08 bits per heavy atom. The van der Waals surface area contributed by atoms with Gasteiger partial charge in [-0.25, -0.2) is 0 Å². The van der Waals surface area contributed by atoms with Gasteiger partial charge in [-0.3, -0.25) is 0 Å². The van der Waals surface area contributed by atoms with Crippen molar-refractivity contribution < 1.29 is 8.83 Å². The molecule has 0 atom stereocenters. The van der Waals surface area contributed by atoms with Crippen molar-refractivity contribution >= 4 is 86.4 Å². The second kappa shape index (κ2) is 9.71. The van der Waals surface area contributed by atoms with Crippen LogP contribution in [0, 0.1) is 0 Å². The lowest BCUT2D eigenvalue weighted by Crippen LogP contribution is -1.93. The van der Waals surface area contributed by atoms with E-state index in [0.29, 0.717) is 0 Å². The van der Waals surface area contributed by atoms with Crippen molar-refractivity contribution in [1.29, 1.82) is 0 Å². The zero-order valence-electron chi connectivity index (χ0n) is 25.6. The summed E-state index contributed by atoms with van der Waals surface area (Å²) < 4.78 is 18.6. The fourth-order valence-corrected chi connectivity index (χ4v) is 9.00. The van der Waals surface area contributed by atoms with Crippen LogP contribution in [0.2, 0.25) is 0 Å². The molecule has 0 aliphatic carbocycles. The smallest absolute Gasteiger partial charge is 0.161 e. The highest BCUT2D eigenvalue weighted by atomic mass is 32.1. The van der Waals surface area contributed by atoms with E-state index >= 15 is 0 Å². The van der Waals surface area contributed by atoms with Crippen LogP contribution in [0.3, 0.4) is 0 Å². The van der Waals surface area contributed by atoms with Crippen LogP contribution in [0.4, 0.5) is 0 Å². The first-order valence-corrected chi connectivity index (χ1v) is 17.0. The van der Waals surface area contributed by atoms with E-state index in [1.807, 2.05) is 17.4 Å². The first-order chi connectivity index (χ1) is 23.8. The molecule has 0 spiro atoms. The predicted molar refractivity (Wildman–Crippen MR) is 202 cm³/mol. The molecule has 0 unspecified atom stereocenters. The van der Waals surface area contributed by atoms with Gasteiger partial charge in [-0.2, -0.15) is 0 Å². The summed E-state index contributed by atoms with van der Waals surface area (Å²) in [6.45, 7) is 0. The fourth-order valence-electron chi connectivity index (χ4n) is 7.77. The Hall–Kier alpha value is -6.10. The predicted octanol–water partition coefficient (Wildman–Crippen LogP) is 13.1. The van der Waals surface area contributed by atoms with Crippen LogP contribution in [0.15, 0.2) is 160 Å². The SMILES string of the molecule is c1ccc(-n2c3ccccc3c3oc4c(-c5ccc(-c6cccc7c6sc6ccccc67)c6c5oc5ccccc56)cccc4c32)cc1. The van der Waals surface area contributed by atoms with E-state index in [1.54, 1.807) is 0 Å². The van der Waals surface area contributed by atoms with Crippen LogP contribution in [-0.2, 0) is 0 Å². The summed E-state index contributed by atoms with van der Waals surface area (Å²) in [5.74, 6) is 0.